The fourth-order valence-corrected chi connectivity index (χ4v) is 1.95. The van der Waals surface area contributed by atoms with E-state index in [9.17, 15) is 0 Å². The molecule has 1 atom stereocenters. The summed E-state index contributed by atoms with van der Waals surface area (Å²) >= 11 is 0. The van der Waals surface area contributed by atoms with Gasteiger partial charge in [-0.2, -0.15) is 0 Å². The number of nitrogens with one attached hydrogen (secondary N) is 1. The minimum Gasteiger partial charge on any atom is -0.492 e. The molecule has 0 radical (unpaired) electrons. The smallest absolute Gasteiger partial charge is 0.119 e. The van der Waals surface area contributed by atoms with Crippen molar-refractivity contribution in [3.05, 3.63) is 29.8 Å². The van der Waals surface area contributed by atoms with Gasteiger partial charge in [-0.15, -0.1) is 0 Å². The van der Waals surface area contributed by atoms with Crippen molar-refractivity contribution in [3.8, 4) is 5.75 Å². The average molecular weight is 292 g/mol. The van der Waals surface area contributed by atoms with Crippen molar-refractivity contribution in [1.29, 1.82) is 0 Å². The third-order valence-electron chi connectivity index (χ3n) is 3.78. The zero-order chi connectivity index (χ0) is 15.9. The number of likely N-dealkylation sites (N-methyl/N-ethyl adjacent to an activating group) is 1. The highest BCUT2D eigenvalue weighted by atomic mass is 16.5. The highest BCUT2D eigenvalue weighted by molar-refractivity contribution is 5.28. The zero-order valence-electron chi connectivity index (χ0n) is 14.6. The molecule has 0 amide bonds. The van der Waals surface area contributed by atoms with Gasteiger partial charge in [-0.3, -0.25) is 0 Å². The van der Waals surface area contributed by atoms with E-state index in [0.717, 1.165) is 25.4 Å². The number of ether oxygens (including phenoxy) is 1. The third-order valence-corrected chi connectivity index (χ3v) is 3.78. The summed E-state index contributed by atoms with van der Waals surface area (Å²) in [5.41, 5.74) is 1.40. The Morgan fingerprint density at radius 1 is 1.29 bits per heavy atom. The lowest BCUT2D eigenvalue weighted by atomic mass is 10.1. The Morgan fingerprint density at radius 3 is 2.62 bits per heavy atom. The van der Waals surface area contributed by atoms with Gasteiger partial charge in [0.2, 0.25) is 0 Å². The van der Waals surface area contributed by atoms with Crippen LogP contribution in [-0.2, 0) is 6.54 Å². The highest BCUT2D eigenvalue weighted by Crippen LogP contribution is 2.14. The van der Waals surface area contributed by atoms with Gasteiger partial charge in [0.15, 0.2) is 0 Å². The summed E-state index contributed by atoms with van der Waals surface area (Å²) in [7, 11) is 2.15. The molecule has 0 aliphatic carbocycles. The summed E-state index contributed by atoms with van der Waals surface area (Å²) in [5, 5.41) is 3.50. The van der Waals surface area contributed by atoms with Crippen molar-refractivity contribution < 1.29 is 4.74 Å². The second-order valence-electron chi connectivity index (χ2n) is 6.84. The number of rotatable bonds is 8. The van der Waals surface area contributed by atoms with Crippen molar-refractivity contribution in [2.45, 2.75) is 59.2 Å². The van der Waals surface area contributed by atoms with Crippen LogP contribution in [0.5, 0.6) is 5.75 Å². The third kappa shape index (κ3) is 7.49. The van der Waals surface area contributed by atoms with E-state index in [0.29, 0.717) is 6.04 Å². The quantitative estimate of drug-likeness (QED) is 0.791. The summed E-state index contributed by atoms with van der Waals surface area (Å²) in [5.74, 6) is 0.959. The Kier molecular flexibility index (Phi) is 7.20. The van der Waals surface area contributed by atoms with Gasteiger partial charge in [-0.25, -0.2) is 0 Å². The van der Waals surface area contributed by atoms with Crippen LogP contribution in [-0.4, -0.2) is 36.7 Å². The summed E-state index contributed by atoms with van der Waals surface area (Å²) in [6.45, 7) is 13.6. The van der Waals surface area contributed by atoms with Crippen molar-refractivity contribution >= 4 is 0 Å². The largest absolute Gasteiger partial charge is 0.492 e. The Hall–Kier alpha value is -1.06. The summed E-state index contributed by atoms with van der Waals surface area (Å²) in [6, 6.07) is 8.96. The van der Waals surface area contributed by atoms with E-state index in [2.05, 4.69) is 70.1 Å². The van der Waals surface area contributed by atoms with Crippen molar-refractivity contribution in [3.63, 3.8) is 0 Å². The first-order valence-electron chi connectivity index (χ1n) is 7.99. The molecular formula is C18H32N2O. The maximum atomic E-state index is 5.87. The first-order valence-corrected chi connectivity index (χ1v) is 7.99. The Bertz CT molecular complexity index is 412. The summed E-state index contributed by atoms with van der Waals surface area (Å²) < 4.78 is 5.87. The molecule has 3 heteroatoms. The molecule has 0 aromatic heterocycles. The molecule has 1 unspecified atom stereocenters. The van der Waals surface area contributed by atoms with Gasteiger partial charge in [-0.1, -0.05) is 19.1 Å². The highest BCUT2D eigenvalue weighted by Gasteiger charge is 2.09. The number of nitrogens with zero attached hydrogens (tertiary/aromatic N) is 1. The van der Waals surface area contributed by atoms with E-state index in [4.69, 9.17) is 4.74 Å². The van der Waals surface area contributed by atoms with E-state index in [1.807, 2.05) is 6.07 Å². The van der Waals surface area contributed by atoms with Crippen LogP contribution >= 0.6 is 0 Å². The van der Waals surface area contributed by atoms with Gasteiger partial charge < -0.3 is 15.0 Å². The predicted molar refractivity (Wildman–Crippen MR) is 90.9 cm³/mol. The lowest BCUT2D eigenvalue weighted by Gasteiger charge is -2.23. The van der Waals surface area contributed by atoms with E-state index in [1.54, 1.807) is 0 Å². The minimum absolute atomic E-state index is 0.135. The molecule has 0 aliphatic rings. The lowest BCUT2D eigenvalue weighted by Crippen LogP contribution is -2.35. The monoisotopic (exact) mass is 292 g/mol. The van der Waals surface area contributed by atoms with Crippen LogP contribution in [0.4, 0.5) is 0 Å². The van der Waals surface area contributed by atoms with Crippen molar-refractivity contribution in [2.24, 2.45) is 0 Å². The first kappa shape index (κ1) is 18.0. The average Bonchev–Trinajstić information content (AvgIpc) is 2.44. The molecule has 0 fully saturated rings. The molecule has 0 spiro atoms. The van der Waals surface area contributed by atoms with Crippen LogP contribution in [0.3, 0.4) is 0 Å². The Labute approximate surface area is 130 Å². The maximum Gasteiger partial charge on any atom is 0.119 e. The van der Waals surface area contributed by atoms with Gasteiger partial charge in [0, 0.05) is 24.7 Å². The standard InChI is InChI=1S/C18H32N2O/c1-7-15(2)20(6)11-12-21-17-10-8-9-16(13-17)14-19-18(3,4)5/h8-10,13,15,19H,7,11-12,14H2,1-6H3. The fourth-order valence-electron chi connectivity index (χ4n) is 1.95. The van der Waals surface area contributed by atoms with Crippen LogP contribution in [0.25, 0.3) is 0 Å². The normalized spacial score (nSPS) is 13.5. The molecule has 0 heterocycles. The van der Waals surface area contributed by atoms with Crippen LogP contribution in [0.1, 0.15) is 46.6 Å². The number of hydrogen-bond acceptors (Lipinski definition) is 3. The molecule has 1 aromatic rings. The van der Waals surface area contributed by atoms with Crippen molar-refractivity contribution in [1.82, 2.24) is 10.2 Å². The second-order valence-corrected chi connectivity index (χ2v) is 6.84. The molecule has 1 aromatic carbocycles. The molecule has 0 bridgehead atoms. The van der Waals surface area contributed by atoms with Gasteiger partial charge in [0.25, 0.3) is 0 Å². The van der Waals surface area contributed by atoms with Crippen LogP contribution in [0.15, 0.2) is 24.3 Å². The molecule has 0 aliphatic heterocycles. The lowest BCUT2D eigenvalue weighted by molar-refractivity contribution is 0.196. The molecule has 0 saturated carbocycles. The second kappa shape index (κ2) is 8.40. The summed E-state index contributed by atoms with van der Waals surface area (Å²) in [6.07, 6.45) is 1.17. The maximum absolute atomic E-state index is 5.87. The number of hydrogen-bond donors (Lipinski definition) is 1. The molecular weight excluding hydrogens is 260 g/mol. The molecule has 1 N–H and O–H groups in total. The summed E-state index contributed by atoms with van der Waals surface area (Å²) in [4.78, 5) is 2.34. The SMILES string of the molecule is CCC(C)N(C)CCOc1cccc(CNC(C)(C)C)c1. The molecule has 21 heavy (non-hydrogen) atoms. The van der Waals surface area contributed by atoms with E-state index in [-0.39, 0.29) is 5.54 Å². The Morgan fingerprint density at radius 2 is 2.00 bits per heavy atom. The van der Waals surface area contributed by atoms with E-state index >= 15 is 0 Å². The topological polar surface area (TPSA) is 24.5 Å². The molecule has 3 nitrogen and oxygen atoms in total. The van der Waals surface area contributed by atoms with Crippen LogP contribution in [0, 0.1) is 0 Å². The van der Waals surface area contributed by atoms with Crippen molar-refractivity contribution in [2.75, 3.05) is 20.2 Å². The van der Waals surface area contributed by atoms with Gasteiger partial charge in [0.1, 0.15) is 12.4 Å². The van der Waals surface area contributed by atoms with Gasteiger partial charge in [0.05, 0.1) is 0 Å². The predicted octanol–water partition coefficient (Wildman–Crippen LogP) is 3.68. The van der Waals surface area contributed by atoms with E-state index in [1.165, 1.54) is 12.0 Å². The molecule has 120 valence electrons. The van der Waals surface area contributed by atoms with Crippen LogP contribution in [0.2, 0.25) is 0 Å². The first-order chi connectivity index (χ1) is 9.81. The molecule has 0 saturated heterocycles. The van der Waals surface area contributed by atoms with Gasteiger partial charge >= 0.3 is 0 Å². The number of benzene rings is 1. The molecule has 1 rings (SSSR count). The fraction of sp³-hybridized carbons (Fsp3) is 0.667. The minimum atomic E-state index is 0.135. The van der Waals surface area contributed by atoms with Crippen LogP contribution < -0.4 is 10.1 Å². The van der Waals surface area contributed by atoms with E-state index < -0.39 is 0 Å². The van der Waals surface area contributed by atoms with Gasteiger partial charge in [-0.05, 0) is 58.9 Å². The zero-order valence-corrected chi connectivity index (χ0v) is 14.6. The Balaban J connectivity index is 2.42.